The fourth-order valence-corrected chi connectivity index (χ4v) is 3.23. The van der Waals surface area contributed by atoms with E-state index in [4.69, 9.17) is 4.74 Å². The zero-order chi connectivity index (χ0) is 18.2. The summed E-state index contributed by atoms with van der Waals surface area (Å²) in [5.74, 6) is 1.41. The lowest BCUT2D eigenvalue weighted by molar-refractivity contribution is 0.180. The molecule has 25 heavy (non-hydrogen) atoms. The number of aryl methyl sites for hydroxylation is 2. The first-order chi connectivity index (χ1) is 12.0. The summed E-state index contributed by atoms with van der Waals surface area (Å²) in [6.07, 6.45) is -0.647. The van der Waals surface area contributed by atoms with Crippen molar-refractivity contribution in [1.82, 2.24) is 15.6 Å². The number of ether oxygens (including phenoxy) is 1. The van der Waals surface area contributed by atoms with Gasteiger partial charge in [0.05, 0.1) is 30.5 Å². The molecule has 0 spiro atoms. The van der Waals surface area contributed by atoms with Crippen molar-refractivity contribution >= 4 is 17.3 Å². The standard InChI is InChI=1S/C18H26N4O2S/c1-5-19-18(21-11-17-12(2)22-13(3)25-17)20-10-16(23)14-7-6-8-15(9-14)24-4/h6-9,16,23H,5,10-11H2,1-4H3,(H2,19,20,21). The van der Waals surface area contributed by atoms with Crippen LogP contribution in [0.15, 0.2) is 29.3 Å². The van der Waals surface area contributed by atoms with Gasteiger partial charge in [0, 0.05) is 18.0 Å². The van der Waals surface area contributed by atoms with E-state index in [0.717, 1.165) is 33.4 Å². The number of hydrogen-bond acceptors (Lipinski definition) is 5. The van der Waals surface area contributed by atoms with Crippen LogP contribution in [0.2, 0.25) is 0 Å². The first kappa shape index (κ1) is 19.2. The van der Waals surface area contributed by atoms with Crippen molar-refractivity contribution in [2.24, 2.45) is 4.99 Å². The number of aliphatic hydroxyl groups excluding tert-OH is 1. The van der Waals surface area contributed by atoms with E-state index in [2.05, 4.69) is 20.6 Å². The van der Waals surface area contributed by atoms with Gasteiger partial charge in [-0.15, -0.1) is 11.3 Å². The van der Waals surface area contributed by atoms with Crippen molar-refractivity contribution in [2.75, 3.05) is 20.2 Å². The number of guanidine groups is 1. The maximum absolute atomic E-state index is 10.4. The molecule has 3 N–H and O–H groups in total. The van der Waals surface area contributed by atoms with E-state index < -0.39 is 6.10 Å². The predicted octanol–water partition coefficient (Wildman–Crippen LogP) is 2.56. The molecule has 0 bridgehead atoms. The Balaban J connectivity index is 1.98. The van der Waals surface area contributed by atoms with Crippen LogP contribution >= 0.6 is 11.3 Å². The van der Waals surface area contributed by atoms with Crippen LogP contribution < -0.4 is 15.4 Å². The van der Waals surface area contributed by atoms with E-state index in [1.165, 1.54) is 0 Å². The third kappa shape index (κ3) is 5.72. The molecule has 0 aliphatic rings. The second-order valence-corrected chi connectivity index (χ2v) is 6.90. The molecule has 0 fully saturated rings. The number of hydrogen-bond donors (Lipinski definition) is 3. The topological polar surface area (TPSA) is 78.8 Å². The van der Waals surface area contributed by atoms with Crippen LogP contribution in [0.5, 0.6) is 5.75 Å². The lowest BCUT2D eigenvalue weighted by Gasteiger charge is -2.16. The zero-order valence-corrected chi connectivity index (χ0v) is 16.0. The highest BCUT2D eigenvalue weighted by atomic mass is 32.1. The number of rotatable bonds is 7. The SMILES string of the molecule is CCNC(=NCc1sc(C)nc1C)NCC(O)c1cccc(OC)c1. The van der Waals surface area contributed by atoms with E-state index in [1.54, 1.807) is 18.4 Å². The third-order valence-corrected chi connectivity index (χ3v) is 4.72. The molecule has 1 heterocycles. The highest BCUT2D eigenvalue weighted by molar-refractivity contribution is 7.11. The van der Waals surface area contributed by atoms with E-state index in [9.17, 15) is 5.11 Å². The van der Waals surface area contributed by atoms with Gasteiger partial charge in [-0.1, -0.05) is 12.1 Å². The van der Waals surface area contributed by atoms with Crippen LogP contribution in [0, 0.1) is 13.8 Å². The van der Waals surface area contributed by atoms with Gasteiger partial charge in [0.1, 0.15) is 5.75 Å². The highest BCUT2D eigenvalue weighted by Gasteiger charge is 2.10. The van der Waals surface area contributed by atoms with Crippen molar-refractivity contribution in [1.29, 1.82) is 0 Å². The minimum Gasteiger partial charge on any atom is -0.497 e. The van der Waals surface area contributed by atoms with E-state index >= 15 is 0 Å². The molecule has 1 unspecified atom stereocenters. The smallest absolute Gasteiger partial charge is 0.191 e. The summed E-state index contributed by atoms with van der Waals surface area (Å²) in [7, 11) is 1.61. The Morgan fingerprint density at radius 3 is 2.80 bits per heavy atom. The molecule has 0 saturated carbocycles. The first-order valence-corrected chi connectivity index (χ1v) is 9.12. The van der Waals surface area contributed by atoms with E-state index in [-0.39, 0.29) is 0 Å². The van der Waals surface area contributed by atoms with Gasteiger partial charge in [-0.3, -0.25) is 0 Å². The van der Waals surface area contributed by atoms with Crippen molar-refractivity contribution in [3.63, 3.8) is 0 Å². The molecule has 0 amide bonds. The molecule has 0 saturated heterocycles. The number of aromatic nitrogens is 1. The molecule has 0 aliphatic carbocycles. The van der Waals surface area contributed by atoms with Gasteiger partial charge in [-0.25, -0.2) is 9.98 Å². The fraction of sp³-hybridized carbons (Fsp3) is 0.444. The molecule has 1 aromatic carbocycles. The number of aliphatic hydroxyl groups is 1. The summed E-state index contributed by atoms with van der Waals surface area (Å²) in [5, 5.41) is 17.8. The van der Waals surface area contributed by atoms with Gasteiger partial charge < -0.3 is 20.5 Å². The highest BCUT2D eigenvalue weighted by Crippen LogP contribution is 2.19. The Bertz CT molecular complexity index is 715. The summed E-state index contributed by atoms with van der Waals surface area (Å²) < 4.78 is 5.20. The lowest BCUT2D eigenvalue weighted by Crippen LogP contribution is -2.39. The summed E-state index contributed by atoms with van der Waals surface area (Å²) >= 11 is 1.66. The van der Waals surface area contributed by atoms with Crippen LogP contribution in [-0.4, -0.2) is 36.2 Å². The van der Waals surface area contributed by atoms with Crippen molar-refractivity contribution in [3.8, 4) is 5.75 Å². The minimum atomic E-state index is -0.647. The van der Waals surface area contributed by atoms with Gasteiger partial charge in [-0.2, -0.15) is 0 Å². The molecule has 2 rings (SSSR count). The zero-order valence-electron chi connectivity index (χ0n) is 15.2. The molecule has 2 aromatic rings. The molecule has 1 atom stereocenters. The summed E-state index contributed by atoms with van der Waals surface area (Å²) in [6.45, 7) is 7.70. The number of nitrogens with zero attached hydrogens (tertiary/aromatic N) is 2. The Morgan fingerprint density at radius 2 is 2.16 bits per heavy atom. The van der Waals surface area contributed by atoms with Crippen LogP contribution in [0.4, 0.5) is 0 Å². The molecular formula is C18H26N4O2S. The van der Waals surface area contributed by atoms with Gasteiger partial charge in [0.15, 0.2) is 5.96 Å². The van der Waals surface area contributed by atoms with E-state index in [0.29, 0.717) is 19.0 Å². The fourth-order valence-electron chi connectivity index (χ4n) is 2.37. The number of thiazole rings is 1. The average molecular weight is 362 g/mol. The quantitative estimate of drug-likeness (QED) is 0.521. The molecule has 0 radical (unpaired) electrons. The molecular weight excluding hydrogens is 336 g/mol. The Kier molecular flexibility index (Phi) is 7.21. The first-order valence-electron chi connectivity index (χ1n) is 8.30. The normalized spacial score (nSPS) is 12.8. The van der Waals surface area contributed by atoms with E-state index in [1.807, 2.05) is 45.0 Å². The molecule has 7 heteroatoms. The van der Waals surface area contributed by atoms with Gasteiger partial charge in [0.25, 0.3) is 0 Å². The van der Waals surface area contributed by atoms with Crippen molar-refractivity contribution < 1.29 is 9.84 Å². The second-order valence-electron chi connectivity index (χ2n) is 5.61. The Morgan fingerprint density at radius 1 is 1.36 bits per heavy atom. The number of aliphatic imine (C=N–C) groups is 1. The monoisotopic (exact) mass is 362 g/mol. The van der Waals surface area contributed by atoms with Crippen LogP contribution in [0.1, 0.15) is 34.2 Å². The van der Waals surface area contributed by atoms with Gasteiger partial charge >= 0.3 is 0 Å². The van der Waals surface area contributed by atoms with Gasteiger partial charge in [0.2, 0.25) is 0 Å². The summed E-state index contributed by atoms with van der Waals surface area (Å²) in [5.41, 5.74) is 1.83. The van der Waals surface area contributed by atoms with Crippen LogP contribution in [0.25, 0.3) is 0 Å². The number of nitrogens with one attached hydrogen (secondary N) is 2. The summed E-state index contributed by atoms with van der Waals surface area (Å²) in [6, 6.07) is 7.43. The molecule has 1 aromatic heterocycles. The molecule has 136 valence electrons. The summed E-state index contributed by atoms with van der Waals surface area (Å²) in [4.78, 5) is 10.2. The predicted molar refractivity (Wildman–Crippen MR) is 102 cm³/mol. The maximum atomic E-state index is 10.4. The number of benzene rings is 1. The van der Waals surface area contributed by atoms with Gasteiger partial charge in [-0.05, 0) is 38.5 Å². The average Bonchev–Trinajstić information content (AvgIpc) is 2.94. The van der Waals surface area contributed by atoms with Crippen molar-refractivity contribution in [2.45, 2.75) is 33.4 Å². The van der Waals surface area contributed by atoms with Crippen LogP contribution in [-0.2, 0) is 6.54 Å². The van der Waals surface area contributed by atoms with Crippen molar-refractivity contribution in [3.05, 3.63) is 45.4 Å². The largest absolute Gasteiger partial charge is 0.497 e. The molecule has 6 nitrogen and oxygen atoms in total. The third-order valence-electron chi connectivity index (χ3n) is 3.67. The minimum absolute atomic E-state index is 0.361. The van der Waals surface area contributed by atoms with Crippen LogP contribution in [0.3, 0.4) is 0 Å². The second kappa shape index (κ2) is 9.39. The lowest BCUT2D eigenvalue weighted by atomic mass is 10.1. The maximum Gasteiger partial charge on any atom is 0.191 e. The Hall–Kier alpha value is -2.12. The Labute approximate surface area is 153 Å². The molecule has 0 aliphatic heterocycles. The number of methoxy groups -OCH3 is 1.